The Labute approximate surface area is 81.2 Å². The van der Waals surface area contributed by atoms with E-state index in [-0.39, 0.29) is 6.29 Å². The number of carbonyl (C=O) groups excluding carboxylic acids is 1. The molecule has 1 aliphatic carbocycles. The van der Waals surface area contributed by atoms with E-state index in [2.05, 4.69) is 4.52 Å². The van der Waals surface area contributed by atoms with Crippen molar-refractivity contribution in [1.82, 2.24) is 0 Å². The predicted molar refractivity (Wildman–Crippen MR) is 49.9 cm³/mol. The third kappa shape index (κ3) is 1.86. The standard InChI is InChI=1S/C8H11O5P/c1-13-14(11,12)7-4-2-3-5-8(7,10)6-9/h2-7,10H,1H3,(H,11,12)/t7?,8-/m1/s1. The fraction of sp³-hybridized carbons (Fsp3) is 0.375. The van der Waals surface area contributed by atoms with E-state index in [1.54, 1.807) is 0 Å². The van der Waals surface area contributed by atoms with Crippen molar-refractivity contribution in [2.24, 2.45) is 0 Å². The van der Waals surface area contributed by atoms with Gasteiger partial charge in [-0.15, -0.1) is 0 Å². The molecular formula is C8H11O5P. The lowest BCUT2D eigenvalue weighted by atomic mass is 9.97. The van der Waals surface area contributed by atoms with Crippen LogP contribution in [0.15, 0.2) is 24.3 Å². The Morgan fingerprint density at radius 2 is 2.21 bits per heavy atom. The number of hydrogen-bond acceptors (Lipinski definition) is 4. The zero-order valence-electron chi connectivity index (χ0n) is 7.53. The monoisotopic (exact) mass is 218 g/mol. The summed E-state index contributed by atoms with van der Waals surface area (Å²) in [6.07, 6.45) is 5.57. The van der Waals surface area contributed by atoms with Crippen LogP contribution in [0.5, 0.6) is 0 Å². The molecule has 0 saturated heterocycles. The van der Waals surface area contributed by atoms with Crippen molar-refractivity contribution in [2.45, 2.75) is 11.3 Å². The topological polar surface area (TPSA) is 83.8 Å². The van der Waals surface area contributed by atoms with Gasteiger partial charge in [-0.05, 0) is 6.08 Å². The van der Waals surface area contributed by atoms with Crippen molar-refractivity contribution in [3.8, 4) is 0 Å². The van der Waals surface area contributed by atoms with Gasteiger partial charge in [0.25, 0.3) is 0 Å². The lowest BCUT2D eigenvalue weighted by molar-refractivity contribution is -0.119. The molecule has 1 aliphatic rings. The van der Waals surface area contributed by atoms with Gasteiger partial charge < -0.3 is 14.5 Å². The van der Waals surface area contributed by atoms with Crippen molar-refractivity contribution in [2.75, 3.05) is 7.11 Å². The molecule has 14 heavy (non-hydrogen) atoms. The quantitative estimate of drug-likeness (QED) is 0.523. The van der Waals surface area contributed by atoms with Gasteiger partial charge in [0.2, 0.25) is 0 Å². The van der Waals surface area contributed by atoms with Gasteiger partial charge in [0.05, 0.1) is 0 Å². The van der Waals surface area contributed by atoms with Crippen LogP contribution in [0.3, 0.4) is 0 Å². The molecule has 0 bridgehead atoms. The molecule has 0 aromatic heterocycles. The van der Waals surface area contributed by atoms with E-state index >= 15 is 0 Å². The Morgan fingerprint density at radius 1 is 1.57 bits per heavy atom. The molecule has 0 aromatic carbocycles. The second-order valence-corrected chi connectivity index (χ2v) is 4.99. The number of carbonyl (C=O) groups is 1. The molecule has 0 saturated carbocycles. The highest BCUT2D eigenvalue weighted by molar-refractivity contribution is 7.54. The van der Waals surface area contributed by atoms with Gasteiger partial charge in [-0.2, -0.15) is 0 Å². The van der Waals surface area contributed by atoms with Crippen molar-refractivity contribution < 1.29 is 23.9 Å². The first-order valence-electron chi connectivity index (χ1n) is 3.89. The Bertz CT molecular complexity index is 335. The highest BCUT2D eigenvalue weighted by atomic mass is 31.2. The molecule has 3 atom stereocenters. The van der Waals surface area contributed by atoms with E-state index in [9.17, 15) is 19.4 Å². The second-order valence-electron chi connectivity index (χ2n) is 2.94. The summed E-state index contributed by atoms with van der Waals surface area (Å²) in [7, 11) is -2.95. The molecule has 0 heterocycles. The van der Waals surface area contributed by atoms with Gasteiger partial charge in [0.15, 0.2) is 11.9 Å². The summed E-state index contributed by atoms with van der Waals surface area (Å²) >= 11 is 0. The number of hydrogen-bond donors (Lipinski definition) is 2. The molecule has 0 fully saturated rings. The summed E-state index contributed by atoms with van der Waals surface area (Å²) in [6, 6.07) is 0. The molecule has 0 aromatic rings. The van der Waals surface area contributed by atoms with Crippen LogP contribution in [0.4, 0.5) is 0 Å². The molecule has 0 amide bonds. The molecule has 78 valence electrons. The van der Waals surface area contributed by atoms with Crippen molar-refractivity contribution >= 4 is 13.9 Å². The van der Waals surface area contributed by atoms with Crippen LogP contribution in [0.2, 0.25) is 0 Å². The average Bonchev–Trinajstić information content (AvgIpc) is 2.18. The summed E-state index contributed by atoms with van der Waals surface area (Å²) < 4.78 is 15.8. The Morgan fingerprint density at radius 3 is 2.71 bits per heavy atom. The number of allylic oxidation sites excluding steroid dienone is 2. The minimum Gasteiger partial charge on any atom is -0.377 e. The smallest absolute Gasteiger partial charge is 0.338 e. The third-order valence-corrected chi connectivity index (χ3v) is 3.86. The third-order valence-electron chi connectivity index (χ3n) is 2.04. The first kappa shape index (κ1) is 11.3. The maximum absolute atomic E-state index is 11.4. The van der Waals surface area contributed by atoms with Crippen LogP contribution >= 0.6 is 7.60 Å². The Hall–Kier alpha value is -0.740. The molecule has 0 aliphatic heterocycles. The first-order chi connectivity index (χ1) is 6.46. The number of rotatable bonds is 3. The van der Waals surface area contributed by atoms with Gasteiger partial charge in [-0.1, -0.05) is 18.2 Å². The van der Waals surface area contributed by atoms with Gasteiger partial charge in [0, 0.05) is 7.11 Å². The fourth-order valence-electron chi connectivity index (χ4n) is 1.22. The maximum atomic E-state index is 11.4. The van der Waals surface area contributed by atoms with Gasteiger partial charge in [-0.3, -0.25) is 9.36 Å². The molecule has 2 unspecified atom stereocenters. The van der Waals surface area contributed by atoms with Crippen LogP contribution < -0.4 is 0 Å². The SMILES string of the molecule is COP(=O)(O)C1C=CC=C[C@@]1(O)C=O. The number of aldehydes is 1. The van der Waals surface area contributed by atoms with Gasteiger partial charge in [0.1, 0.15) is 5.66 Å². The van der Waals surface area contributed by atoms with E-state index in [1.807, 2.05) is 0 Å². The van der Waals surface area contributed by atoms with Gasteiger partial charge in [-0.25, -0.2) is 0 Å². The van der Waals surface area contributed by atoms with E-state index in [0.29, 0.717) is 0 Å². The Kier molecular flexibility index (Phi) is 3.07. The Balaban J connectivity index is 3.10. The van der Waals surface area contributed by atoms with Crippen LogP contribution in [-0.4, -0.2) is 34.7 Å². The first-order valence-corrected chi connectivity index (χ1v) is 5.54. The maximum Gasteiger partial charge on any atom is 0.338 e. The molecule has 1 rings (SSSR count). The molecule has 6 heteroatoms. The zero-order valence-corrected chi connectivity index (χ0v) is 8.42. The second kappa shape index (κ2) is 3.79. The van der Waals surface area contributed by atoms with Gasteiger partial charge >= 0.3 is 7.60 Å². The van der Waals surface area contributed by atoms with E-state index in [4.69, 9.17) is 0 Å². The van der Waals surface area contributed by atoms with E-state index in [1.165, 1.54) is 18.2 Å². The molecule has 0 spiro atoms. The average molecular weight is 218 g/mol. The summed E-state index contributed by atoms with van der Waals surface area (Å²) in [5.74, 6) is 0. The van der Waals surface area contributed by atoms with Crippen LogP contribution in [0, 0.1) is 0 Å². The summed E-state index contributed by atoms with van der Waals surface area (Å²) in [4.78, 5) is 20.0. The molecule has 2 N–H and O–H groups in total. The normalized spacial score (nSPS) is 35.2. The minimum atomic E-state index is -4.01. The van der Waals surface area contributed by atoms with E-state index in [0.717, 1.165) is 13.2 Å². The lowest BCUT2D eigenvalue weighted by Crippen LogP contribution is -2.42. The summed E-state index contributed by atoms with van der Waals surface area (Å²) in [6.45, 7) is 0. The largest absolute Gasteiger partial charge is 0.377 e. The van der Waals surface area contributed by atoms with E-state index < -0.39 is 18.9 Å². The molecule has 5 nitrogen and oxygen atoms in total. The zero-order chi connectivity index (χ0) is 10.8. The summed E-state index contributed by atoms with van der Waals surface area (Å²) in [5.41, 5.74) is -3.21. The van der Waals surface area contributed by atoms with Crippen LogP contribution in [0.1, 0.15) is 0 Å². The van der Waals surface area contributed by atoms with Crippen LogP contribution in [0.25, 0.3) is 0 Å². The highest BCUT2D eigenvalue weighted by Crippen LogP contribution is 2.52. The number of aliphatic hydroxyl groups is 1. The van der Waals surface area contributed by atoms with Crippen molar-refractivity contribution in [1.29, 1.82) is 0 Å². The molecular weight excluding hydrogens is 207 g/mol. The highest BCUT2D eigenvalue weighted by Gasteiger charge is 2.46. The lowest BCUT2D eigenvalue weighted by Gasteiger charge is -2.30. The van der Waals surface area contributed by atoms with Crippen molar-refractivity contribution in [3.05, 3.63) is 24.3 Å². The van der Waals surface area contributed by atoms with Crippen molar-refractivity contribution in [3.63, 3.8) is 0 Å². The fourth-order valence-corrected chi connectivity index (χ4v) is 2.44. The minimum absolute atomic E-state index is 0.222. The molecule has 0 radical (unpaired) electrons. The summed E-state index contributed by atoms with van der Waals surface area (Å²) in [5, 5.41) is 9.69. The van der Waals surface area contributed by atoms with Crippen LogP contribution in [-0.2, 0) is 13.9 Å². The predicted octanol–water partition coefficient (Wildman–Crippen LogP) is 0.243.